The van der Waals surface area contributed by atoms with E-state index in [2.05, 4.69) is 11.9 Å². The van der Waals surface area contributed by atoms with E-state index in [1.54, 1.807) is 12.3 Å². The van der Waals surface area contributed by atoms with Gasteiger partial charge >= 0.3 is 0 Å². The van der Waals surface area contributed by atoms with E-state index in [0.29, 0.717) is 18.9 Å². The van der Waals surface area contributed by atoms with Gasteiger partial charge in [0.1, 0.15) is 6.26 Å². The molecule has 1 aliphatic heterocycles. The molecule has 2 heterocycles. The highest BCUT2D eigenvalue weighted by Gasteiger charge is 2.22. The average molecular weight is 324 g/mol. The van der Waals surface area contributed by atoms with Gasteiger partial charge in [0.15, 0.2) is 0 Å². The van der Waals surface area contributed by atoms with Crippen molar-refractivity contribution in [3.05, 3.63) is 54.4 Å². The fourth-order valence-corrected chi connectivity index (χ4v) is 2.73. The van der Waals surface area contributed by atoms with Crippen LogP contribution in [-0.2, 0) is 9.59 Å². The van der Waals surface area contributed by atoms with Crippen molar-refractivity contribution in [1.82, 2.24) is 9.88 Å². The molecule has 1 unspecified atom stereocenters. The van der Waals surface area contributed by atoms with Crippen molar-refractivity contribution in [2.75, 3.05) is 6.54 Å². The van der Waals surface area contributed by atoms with E-state index in [-0.39, 0.29) is 17.7 Å². The first-order valence-corrected chi connectivity index (χ1v) is 8.17. The Morgan fingerprint density at radius 3 is 2.83 bits per heavy atom. The van der Waals surface area contributed by atoms with E-state index < -0.39 is 0 Å². The van der Waals surface area contributed by atoms with E-state index in [4.69, 9.17) is 4.42 Å². The smallest absolute Gasteiger partial charge is 0.253 e. The first kappa shape index (κ1) is 16.2. The normalized spacial score (nSPS) is 15.0. The molecule has 0 saturated carbocycles. The summed E-state index contributed by atoms with van der Waals surface area (Å²) in [5, 5.41) is 0. The second-order valence-electron chi connectivity index (χ2n) is 5.98. The lowest BCUT2D eigenvalue weighted by Gasteiger charge is -2.14. The summed E-state index contributed by atoms with van der Waals surface area (Å²) in [5.41, 5.74) is 1.84. The molecule has 0 spiro atoms. The third-order valence-corrected chi connectivity index (χ3v) is 4.19. The monoisotopic (exact) mass is 324 g/mol. The number of benzene rings is 1. The summed E-state index contributed by atoms with van der Waals surface area (Å²) < 4.78 is 5.56. The molecule has 1 aliphatic rings. The third-order valence-electron chi connectivity index (χ3n) is 4.19. The Morgan fingerprint density at radius 1 is 1.33 bits per heavy atom. The number of aromatic nitrogens is 1. The van der Waals surface area contributed by atoms with Crippen LogP contribution in [0.2, 0.25) is 0 Å². The molecule has 0 aliphatic carbocycles. The first-order valence-electron chi connectivity index (χ1n) is 8.17. The van der Waals surface area contributed by atoms with Gasteiger partial charge in [-0.3, -0.25) is 14.5 Å². The molecule has 124 valence electrons. The molecule has 0 fully saturated rings. The number of oxazole rings is 1. The van der Waals surface area contributed by atoms with Crippen LogP contribution in [0.1, 0.15) is 37.8 Å². The standard InChI is InChI=1S/C19H20N2O3/c1-14(7-5-10-17(22)21-12-6-11-18(21)23)16-13-24-19(20-16)15-8-3-2-4-9-15/h2-4,6,8-9,11,13-14H,5,7,10,12H2,1H3. The summed E-state index contributed by atoms with van der Waals surface area (Å²) >= 11 is 0. The van der Waals surface area contributed by atoms with Gasteiger partial charge in [-0.1, -0.05) is 31.2 Å². The van der Waals surface area contributed by atoms with E-state index in [9.17, 15) is 9.59 Å². The van der Waals surface area contributed by atoms with Crippen molar-refractivity contribution in [1.29, 1.82) is 0 Å². The van der Waals surface area contributed by atoms with E-state index >= 15 is 0 Å². The van der Waals surface area contributed by atoms with Crippen LogP contribution in [0.15, 0.2) is 53.2 Å². The zero-order valence-electron chi connectivity index (χ0n) is 13.6. The fraction of sp³-hybridized carbons (Fsp3) is 0.316. The summed E-state index contributed by atoms with van der Waals surface area (Å²) in [6, 6.07) is 9.76. The Labute approximate surface area is 141 Å². The van der Waals surface area contributed by atoms with Crippen LogP contribution >= 0.6 is 0 Å². The maximum absolute atomic E-state index is 12.0. The van der Waals surface area contributed by atoms with Gasteiger partial charge in [-0.25, -0.2) is 4.98 Å². The lowest BCUT2D eigenvalue weighted by Crippen LogP contribution is -2.32. The van der Waals surface area contributed by atoms with Crippen molar-refractivity contribution in [3.63, 3.8) is 0 Å². The first-order chi connectivity index (χ1) is 11.6. The highest BCUT2D eigenvalue weighted by Crippen LogP contribution is 2.25. The van der Waals surface area contributed by atoms with E-state index in [1.807, 2.05) is 30.3 Å². The van der Waals surface area contributed by atoms with Gasteiger partial charge < -0.3 is 4.42 Å². The molecule has 5 heteroatoms. The molecule has 0 radical (unpaired) electrons. The molecule has 3 rings (SSSR count). The van der Waals surface area contributed by atoms with Crippen LogP contribution in [-0.4, -0.2) is 28.2 Å². The van der Waals surface area contributed by atoms with Crippen molar-refractivity contribution >= 4 is 11.8 Å². The Morgan fingerprint density at radius 2 is 2.12 bits per heavy atom. The quantitative estimate of drug-likeness (QED) is 0.815. The van der Waals surface area contributed by atoms with Crippen LogP contribution in [0.3, 0.4) is 0 Å². The zero-order valence-corrected chi connectivity index (χ0v) is 13.6. The molecule has 0 N–H and O–H groups in total. The molecule has 24 heavy (non-hydrogen) atoms. The Hall–Kier alpha value is -2.69. The summed E-state index contributed by atoms with van der Waals surface area (Å²) in [5.74, 6) is 0.494. The van der Waals surface area contributed by atoms with Crippen molar-refractivity contribution in [2.24, 2.45) is 0 Å². The van der Waals surface area contributed by atoms with Crippen LogP contribution < -0.4 is 0 Å². The Bertz CT molecular complexity index is 749. The minimum absolute atomic E-state index is 0.109. The number of imide groups is 1. The minimum Gasteiger partial charge on any atom is -0.444 e. The van der Waals surface area contributed by atoms with Gasteiger partial charge in [-0.15, -0.1) is 0 Å². The predicted octanol–water partition coefficient (Wildman–Crippen LogP) is 3.54. The topological polar surface area (TPSA) is 63.4 Å². The molecule has 2 aromatic rings. The van der Waals surface area contributed by atoms with Crippen molar-refractivity contribution in [2.45, 2.75) is 32.1 Å². The predicted molar refractivity (Wildman–Crippen MR) is 90.1 cm³/mol. The number of carbonyl (C=O) groups is 2. The lowest BCUT2D eigenvalue weighted by atomic mass is 10.0. The SMILES string of the molecule is CC(CCCC(=O)N1CC=CC1=O)c1coc(-c2ccccc2)n1. The zero-order chi connectivity index (χ0) is 16.9. The molecule has 0 bridgehead atoms. The maximum atomic E-state index is 12.0. The molecule has 0 saturated heterocycles. The molecule has 1 aromatic carbocycles. The Balaban J connectivity index is 1.51. The summed E-state index contributed by atoms with van der Waals surface area (Å²) in [7, 11) is 0. The van der Waals surface area contributed by atoms with Gasteiger partial charge in [0.2, 0.25) is 11.8 Å². The van der Waals surface area contributed by atoms with Crippen LogP contribution in [0, 0.1) is 0 Å². The number of hydrogen-bond donors (Lipinski definition) is 0. The molecule has 1 atom stereocenters. The molecule has 5 nitrogen and oxygen atoms in total. The van der Waals surface area contributed by atoms with Gasteiger partial charge in [0.25, 0.3) is 5.91 Å². The Kier molecular flexibility index (Phi) is 4.89. The van der Waals surface area contributed by atoms with E-state index in [0.717, 1.165) is 24.1 Å². The number of rotatable bonds is 6. The lowest BCUT2D eigenvalue weighted by molar-refractivity contribution is -0.140. The maximum Gasteiger partial charge on any atom is 0.253 e. The average Bonchev–Trinajstić information content (AvgIpc) is 3.24. The number of amides is 2. The summed E-state index contributed by atoms with van der Waals surface area (Å²) in [6.07, 6.45) is 6.76. The second kappa shape index (κ2) is 7.25. The van der Waals surface area contributed by atoms with Gasteiger partial charge in [-0.05, 0) is 25.0 Å². The van der Waals surface area contributed by atoms with Crippen LogP contribution in [0.4, 0.5) is 0 Å². The largest absolute Gasteiger partial charge is 0.444 e. The highest BCUT2D eigenvalue weighted by molar-refractivity contribution is 6.02. The second-order valence-corrected chi connectivity index (χ2v) is 5.98. The number of carbonyl (C=O) groups excluding carboxylic acids is 2. The summed E-state index contributed by atoms with van der Waals surface area (Å²) in [6.45, 7) is 2.47. The van der Waals surface area contributed by atoms with E-state index in [1.165, 1.54) is 11.0 Å². The summed E-state index contributed by atoms with van der Waals surface area (Å²) in [4.78, 5) is 29.3. The van der Waals surface area contributed by atoms with Crippen LogP contribution in [0.5, 0.6) is 0 Å². The molecular weight excluding hydrogens is 304 g/mol. The number of nitrogens with zero attached hydrogens (tertiary/aromatic N) is 2. The van der Waals surface area contributed by atoms with Crippen molar-refractivity contribution in [3.8, 4) is 11.5 Å². The van der Waals surface area contributed by atoms with Crippen molar-refractivity contribution < 1.29 is 14.0 Å². The van der Waals surface area contributed by atoms with Gasteiger partial charge in [-0.2, -0.15) is 0 Å². The third kappa shape index (κ3) is 3.62. The number of hydrogen-bond acceptors (Lipinski definition) is 4. The minimum atomic E-state index is -0.211. The van der Waals surface area contributed by atoms with Gasteiger partial charge in [0.05, 0.1) is 5.69 Å². The molecule has 2 amide bonds. The van der Waals surface area contributed by atoms with Crippen LogP contribution in [0.25, 0.3) is 11.5 Å². The van der Waals surface area contributed by atoms with Gasteiger partial charge in [0, 0.05) is 30.5 Å². The molecular formula is C19H20N2O3. The fourth-order valence-electron chi connectivity index (χ4n) is 2.73. The highest BCUT2D eigenvalue weighted by atomic mass is 16.3. The molecule has 1 aromatic heterocycles.